The van der Waals surface area contributed by atoms with Crippen molar-refractivity contribution in [2.24, 2.45) is 0 Å². The Morgan fingerprint density at radius 1 is 2.00 bits per heavy atom. The summed E-state index contributed by atoms with van der Waals surface area (Å²) in [5.74, 6) is 0. The van der Waals surface area contributed by atoms with Gasteiger partial charge in [0.05, 0.1) is 0 Å². The van der Waals surface area contributed by atoms with Crippen LogP contribution in [0.25, 0.3) is 0 Å². The summed E-state index contributed by atoms with van der Waals surface area (Å²) in [6.45, 7) is 0. The van der Waals surface area contributed by atoms with Gasteiger partial charge in [0.15, 0.2) is 0 Å². The molecule has 0 aliphatic carbocycles. The third kappa shape index (κ3) is 1.47. The molecule has 0 amide bonds. The minimum Gasteiger partial charge on any atom is -0.378 e. The lowest BCUT2D eigenvalue weighted by molar-refractivity contribution is 1.22. The van der Waals surface area contributed by atoms with Crippen molar-refractivity contribution in [2.45, 2.75) is 0 Å². The van der Waals surface area contributed by atoms with Gasteiger partial charge in [-0.25, -0.2) is 0 Å². The van der Waals surface area contributed by atoms with Crippen LogP contribution in [-0.4, -0.2) is 13.4 Å². The van der Waals surface area contributed by atoms with Gasteiger partial charge in [0.1, 0.15) is 6.34 Å². The summed E-state index contributed by atoms with van der Waals surface area (Å²) in [4.78, 5) is 0. The van der Waals surface area contributed by atoms with Crippen LogP contribution >= 0.6 is 0 Å². The molecule has 0 saturated carbocycles. The largest absolute Gasteiger partial charge is 0.378 e. The molecular weight excluding hydrogens is 52.0 g/mol. The van der Waals surface area contributed by atoms with Crippen molar-refractivity contribution in [1.29, 1.82) is 0 Å². The minimum absolute atomic E-state index is 0.875. The summed E-state index contributed by atoms with van der Waals surface area (Å²) >= 11 is 0. The molecule has 1 radical (unpaired) electrons. The molecule has 0 aromatic carbocycles. The quantitative estimate of drug-likeness (QED) is 0.305. The Kier molecular flexibility index (Phi) is 2.14. The fourth-order valence-corrected chi connectivity index (χ4v) is 0. The minimum atomic E-state index is 0.875. The summed E-state index contributed by atoms with van der Waals surface area (Å²) in [5.41, 5.74) is 0. The molecule has 0 aromatic heterocycles. The topological polar surface area (TPSA) is 34.3 Å². The highest BCUT2D eigenvalue weighted by atomic mass is 14.8. The highest BCUT2D eigenvalue weighted by molar-refractivity contribution is 5.49. The Bertz CT molecular complexity index is 18.0. The molecule has 0 spiro atoms. The standard InChI is InChI=1S/C2H5N2/c1-4-2-3/h2,4H,1H3. The lowest BCUT2D eigenvalue weighted by Crippen LogP contribution is -1.99. The normalized spacial score (nSPS) is 5.25. The predicted octanol–water partition coefficient (Wildman–Crippen LogP) is -0.966. The van der Waals surface area contributed by atoms with E-state index in [0.717, 1.165) is 6.34 Å². The van der Waals surface area contributed by atoms with Crippen molar-refractivity contribution in [1.82, 2.24) is 10.7 Å². The molecule has 0 aromatic rings. The number of nitrogens with one attached hydrogen (secondary N) is 1. The van der Waals surface area contributed by atoms with E-state index in [-0.39, 0.29) is 0 Å². The Balaban J connectivity index is 2.30. The Hall–Kier alpha value is -0.530. The Morgan fingerprint density at radius 3 is 2.25 bits per heavy atom. The van der Waals surface area contributed by atoms with Crippen molar-refractivity contribution in [3.63, 3.8) is 0 Å². The van der Waals surface area contributed by atoms with Gasteiger partial charge in [-0.2, -0.15) is 0 Å². The van der Waals surface area contributed by atoms with E-state index in [1.165, 1.54) is 0 Å². The first-order valence-corrected chi connectivity index (χ1v) is 1.05. The van der Waals surface area contributed by atoms with Gasteiger partial charge in [0.2, 0.25) is 0 Å². The predicted molar refractivity (Wildman–Crippen MR) is 17.3 cm³/mol. The molecular formula is C2H5N2. The summed E-state index contributed by atoms with van der Waals surface area (Å²) in [5, 5.41) is 10.0. The van der Waals surface area contributed by atoms with E-state index >= 15 is 0 Å². The van der Waals surface area contributed by atoms with E-state index in [1.54, 1.807) is 7.05 Å². The van der Waals surface area contributed by atoms with Crippen molar-refractivity contribution in [3.05, 3.63) is 0 Å². The zero-order valence-electron chi connectivity index (χ0n) is 2.52. The Morgan fingerprint density at radius 2 is 2.25 bits per heavy atom. The van der Waals surface area contributed by atoms with Gasteiger partial charge < -0.3 is 5.32 Å². The molecule has 0 atom stereocenters. The van der Waals surface area contributed by atoms with Gasteiger partial charge in [-0.3, -0.25) is 0 Å². The average Bonchev–Trinajstić information content (AvgIpc) is 1.37. The maximum atomic E-state index is 7.64. The second kappa shape index (κ2) is 2.47. The van der Waals surface area contributed by atoms with Crippen LogP contribution in [0.3, 0.4) is 0 Å². The van der Waals surface area contributed by atoms with Crippen LogP contribution in [-0.2, 0) is 0 Å². The number of hydrogen-bond donors (Lipinski definition) is 1. The number of nitrogens with zero attached hydrogens (tertiary/aromatic N) is 1. The van der Waals surface area contributed by atoms with Crippen molar-refractivity contribution in [2.75, 3.05) is 7.05 Å². The van der Waals surface area contributed by atoms with Crippen LogP contribution in [0, 0.1) is 0 Å². The molecule has 0 bridgehead atoms. The first kappa shape index (κ1) is 3.47. The van der Waals surface area contributed by atoms with Gasteiger partial charge in [-0.15, -0.1) is 5.41 Å². The highest BCUT2D eigenvalue weighted by Gasteiger charge is 1.39. The van der Waals surface area contributed by atoms with Crippen LogP contribution in [0.2, 0.25) is 0 Å². The average molecular weight is 57.1 g/mol. The van der Waals surface area contributed by atoms with Crippen LogP contribution < -0.4 is 10.7 Å². The van der Waals surface area contributed by atoms with Crippen LogP contribution in [0.15, 0.2) is 0 Å². The van der Waals surface area contributed by atoms with Crippen LogP contribution in [0.4, 0.5) is 0 Å². The Labute approximate surface area is 25.3 Å². The van der Waals surface area contributed by atoms with Gasteiger partial charge in [-0.05, 0) is 0 Å². The van der Waals surface area contributed by atoms with Gasteiger partial charge in [0.25, 0.3) is 0 Å². The molecule has 0 aliphatic rings. The van der Waals surface area contributed by atoms with Crippen molar-refractivity contribution < 1.29 is 0 Å². The lowest BCUT2D eigenvalue weighted by Gasteiger charge is -1.67. The highest BCUT2D eigenvalue weighted by Crippen LogP contribution is 1.06. The molecule has 0 rings (SSSR count). The third-order valence-corrected chi connectivity index (χ3v) is 0.129. The number of hydrogen-bond acceptors (Lipinski definition) is 0. The molecule has 0 unspecified atom stereocenters. The van der Waals surface area contributed by atoms with E-state index in [2.05, 4.69) is 5.32 Å². The summed E-state index contributed by atoms with van der Waals surface area (Å²) in [7, 11) is 1.62. The molecule has 2 nitrogen and oxygen atoms in total. The van der Waals surface area contributed by atoms with E-state index in [1.807, 2.05) is 0 Å². The van der Waals surface area contributed by atoms with E-state index in [4.69, 9.17) is 5.41 Å². The van der Waals surface area contributed by atoms with Crippen LogP contribution in [0.1, 0.15) is 0 Å². The van der Waals surface area contributed by atoms with E-state index < -0.39 is 0 Å². The van der Waals surface area contributed by atoms with Crippen LogP contribution in [0.5, 0.6) is 0 Å². The van der Waals surface area contributed by atoms with Crippen molar-refractivity contribution in [3.8, 4) is 0 Å². The first-order chi connectivity index (χ1) is 1.91. The summed E-state index contributed by atoms with van der Waals surface area (Å²) in [6.07, 6.45) is 0.875. The molecule has 1 N–H and O–H groups in total. The van der Waals surface area contributed by atoms with Gasteiger partial charge in [0, 0.05) is 7.05 Å². The van der Waals surface area contributed by atoms with E-state index in [0.29, 0.717) is 0 Å². The molecule has 23 valence electrons. The fourth-order valence-electron chi connectivity index (χ4n) is 0. The summed E-state index contributed by atoms with van der Waals surface area (Å²) in [6, 6.07) is 0. The van der Waals surface area contributed by atoms with Gasteiger partial charge in [-0.1, -0.05) is 0 Å². The zero-order valence-corrected chi connectivity index (χ0v) is 2.52. The van der Waals surface area contributed by atoms with Gasteiger partial charge >= 0.3 is 0 Å². The third-order valence-electron chi connectivity index (χ3n) is 0.129. The van der Waals surface area contributed by atoms with Crippen molar-refractivity contribution >= 4 is 6.34 Å². The van der Waals surface area contributed by atoms with E-state index in [9.17, 15) is 0 Å². The number of rotatable bonds is 1. The molecule has 0 heterocycles. The second-order valence-electron chi connectivity index (χ2n) is 0.418. The molecule has 0 aliphatic heterocycles. The fraction of sp³-hybridized carbons (Fsp3) is 0.500. The SMILES string of the molecule is CNC=[N]. The second-order valence-corrected chi connectivity index (χ2v) is 0.418. The molecule has 0 saturated heterocycles. The zero-order chi connectivity index (χ0) is 3.41. The maximum Gasteiger partial charge on any atom is 0.111 e. The molecule has 4 heavy (non-hydrogen) atoms. The maximum absolute atomic E-state index is 7.64. The summed E-state index contributed by atoms with van der Waals surface area (Å²) < 4.78 is 0. The first-order valence-electron chi connectivity index (χ1n) is 1.05. The molecule has 0 fully saturated rings. The molecule has 2 heteroatoms. The monoisotopic (exact) mass is 57.0 g/mol. The smallest absolute Gasteiger partial charge is 0.111 e. The lowest BCUT2D eigenvalue weighted by atomic mass is 11.2.